The number of rotatable bonds is 5. The van der Waals surface area contributed by atoms with Gasteiger partial charge in [-0.1, -0.05) is 43.5 Å². The number of carbonyl (C=O) groups is 1. The molecule has 1 atom stereocenters. The summed E-state index contributed by atoms with van der Waals surface area (Å²) < 4.78 is 2.19. The quantitative estimate of drug-likeness (QED) is 0.875. The summed E-state index contributed by atoms with van der Waals surface area (Å²) in [6.07, 6.45) is 8.96. The van der Waals surface area contributed by atoms with Crippen LogP contribution in [0.4, 0.5) is 0 Å². The third-order valence-electron chi connectivity index (χ3n) is 6.37. The highest BCUT2D eigenvalue weighted by Crippen LogP contribution is 2.28. The molecule has 2 aromatic rings. The van der Waals surface area contributed by atoms with Crippen LogP contribution in [-0.2, 0) is 24.8 Å². The van der Waals surface area contributed by atoms with Crippen molar-refractivity contribution in [1.29, 1.82) is 0 Å². The van der Waals surface area contributed by atoms with Crippen LogP contribution in [0.2, 0.25) is 0 Å². The molecular formula is C23H31N3O. The van der Waals surface area contributed by atoms with Gasteiger partial charge < -0.3 is 9.88 Å². The van der Waals surface area contributed by atoms with E-state index in [0.717, 1.165) is 32.4 Å². The van der Waals surface area contributed by atoms with Gasteiger partial charge in [-0.3, -0.25) is 9.69 Å². The SMILES string of the molecule is Cn1cccc1[C@H](CNC(=O)C1CCCCC1)N1CCc2ccccc2C1. The normalized spacial score (nSPS) is 19.4. The molecule has 1 aromatic heterocycles. The molecule has 4 heteroatoms. The van der Waals surface area contributed by atoms with Crippen LogP contribution in [-0.4, -0.2) is 28.5 Å². The summed E-state index contributed by atoms with van der Waals surface area (Å²) in [6, 6.07) is 13.3. The van der Waals surface area contributed by atoms with Crippen molar-refractivity contribution in [1.82, 2.24) is 14.8 Å². The van der Waals surface area contributed by atoms with Gasteiger partial charge in [0.25, 0.3) is 0 Å². The van der Waals surface area contributed by atoms with Gasteiger partial charge in [-0.25, -0.2) is 0 Å². The van der Waals surface area contributed by atoms with E-state index >= 15 is 0 Å². The van der Waals surface area contributed by atoms with Crippen molar-refractivity contribution < 1.29 is 4.79 Å². The molecule has 27 heavy (non-hydrogen) atoms. The van der Waals surface area contributed by atoms with E-state index in [1.165, 1.54) is 36.1 Å². The highest BCUT2D eigenvalue weighted by Gasteiger charge is 2.28. The zero-order valence-electron chi connectivity index (χ0n) is 16.4. The Morgan fingerprint density at radius 2 is 1.89 bits per heavy atom. The Labute approximate surface area is 162 Å². The van der Waals surface area contributed by atoms with E-state index in [9.17, 15) is 4.79 Å². The van der Waals surface area contributed by atoms with Gasteiger partial charge in [-0.15, -0.1) is 0 Å². The number of hydrogen-bond acceptors (Lipinski definition) is 2. The Hall–Kier alpha value is -2.07. The fourth-order valence-electron chi connectivity index (χ4n) is 4.73. The maximum absolute atomic E-state index is 12.7. The van der Waals surface area contributed by atoms with Crippen LogP contribution >= 0.6 is 0 Å². The average Bonchev–Trinajstić information content (AvgIpc) is 3.14. The molecule has 2 aliphatic rings. The molecular weight excluding hydrogens is 334 g/mol. The van der Waals surface area contributed by atoms with Crippen LogP contribution in [0.5, 0.6) is 0 Å². The van der Waals surface area contributed by atoms with Crippen LogP contribution in [0.15, 0.2) is 42.6 Å². The fraction of sp³-hybridized carbons (Fsp3) is 0.522. The second-order valence-corrected chi connectivity index (χ2v) is 8.13. The summed E-state index contributed by atoms with van der Waals surface area (Å²) in [5.74, 6) is 0.473. The molecule has 1 N–H and O–H groups in total. The van der Waals surface area contributed by atoms with Crippen LogP contribution in [0.25, 0.3) is 0 Å². The smallest absolute Gasteiger partial charge is 0.223 e. The molecule has 0 saturated heterocycles. The lowest BCUT2D eigenvalue weighted by molar-refractivity contribution is -0.126. The van der Waals surface area contributed by atoms with E-state index in [2.05, 4.69) is 64.4 Å². The van der Waals surface area contributed by atoms with Crippen molar-refractivity contribution in [3.05, 3.63) is 59.4 Å². The summed E-state index contributed by atoms with van der Waals surface area (Å²) >= 11 is 0. The Kier molecular flexibility index (Phi) is 5.63. The molecule has 0 unspecified atom stereocenters. The van der Waals surface area contributed by atoms with Gasteiger partial charge in [0.05, 0.1) is 6.04 Å². The zero-order valence-corrected chi connectivity index (χ0v) is 16.4. The highest BCUT2D eigenvalue weighted by atomic mass is 16.1. The summed E-state index contributed by atoms with van der Waals surface area (Å²) in [6.45, 7) is 2.67. The topological polar surface area (TPSA) is 37.3 Å². The Balaban J connectivity index is 1.48. The van der Waals surface area contributed by atoms with E-state index < -0.39 is 0 Å². The largest absolute Gasteiger partial charge is 0.354 e. The van der Waals surface area contributed by atoms with Gasteiger partial charge in [0, 0.05) is 44.5 Å². The van der Waals surface area contributed by atoms with Gasteiger partial charge in [-0.2, -0.15) is 0 Å². The highest BCUT2D eigenvalue weighted by molar-refractivity contribution is 5.78. The van der Waals surface area contributed by atoms with Gasteiger partial charge in [0.15, 0.2) is 0 Å². The second-order valence-electron chi connectivity index (χ2n) is 8.13. The molecule has 1 saturated carbocycles. The van der Waals surface area contributed by atoms with E-state index in [1.807, 2.05) is 0 Å². The Bertz CT molecular complexity index is 775. The molecule has 1 aliphatic heterocycles. The lowest BCUT2D eigenvalue weighted by Crippen LogP contribution is -2.43. The van der Waals surface area contributed by atoms with Crippen LogP contribution in [0.1, 0.15) is 55.0 Å². The van der Waals surface area contributed by atoms with Gasteiger partial charge in [0.1, 0.15) is 0 Å². The first-order chi connectivity index (χ1) is 13.2. The predicted molar refractivity (Wildman–Crippen MR) is 108 cm³/mol. The molecule has 2 heterocycles. The molecule has 4 nitrogen and oxygen atoms in total. The van der Waals surface area contributed by atoms with Crippen LogP contribution in [0.3, 0.4) is 0 Å². The summed E-state index contributed by atoms with van der Waals surface area (Å²) in [7, 11) is 2.10. The van der Waals surface area contributed by atoms with Crippen LogP contribution in [0, 0.1) is 5.92 Å². The first-order valence-electron chi connectivity index (χ1n) is 10.4. The molecule has 1 amide bonds. The molecule has 4 rings (SSSR count). The summed E-state index contributed by atoms with van der Waals surface area (Å²) in [5.41, 5.74) is 4.16. The van der Waals surface area contributed by atoms with Gasteiger partial charge in [0.2, 0.25) is 5.91 Å². The van der Waals surface area contributed by atoms with Crippen LogP contribution < -0.4 is 5.32 Å². The molecule has 1 aliphatic carbocycles. The van der Waals surface area contributed by atoms with Crippen molar-refractivity contribution in [2.45, 2.75) is 51.1 Å². The molecule has 1 fully saturated rings. The minimum absolute atomic E-state index is 0.214. The van der Waals surface area contributed by atoms with Crippen molar-refractivity contribution in [3.8, 4) is 0 Å². The van der Waals surface area contributed by atoms with E-state index in [-0.39, 0.29) is 17.9 Å². The number of benzene rings is 1. The standard InChI is InChI=1S/C23H31N3O/c1-25-14-7-12-21(25)22(16-24-23(27)19-9-3-2-4-10-19)26-15-13-18-8-5-6-11-20(18)17-26/h5-8,11-12,14,19,22H,2-4,9-10,13,15-17H2,1H3,(H,24,27)/t22-/m0/s1. The van der Waals surface area contributed by atoms with Gasteiger partial charge in [-0.05, 0) is 42.5 Å². The Morgan fingerprint density at radius 1 is 1.11 bits per heavy atom. The molecule has 1 aromatic carbocycles. The predicted octanol–water partition coefficient (Wildman–Crippen LogP) is 3.82. The number of nitrogens with one attached hydrogen (secondary N) is 1. The number of fused-ring (bicyclic) bond motifs is 1. The number of aromatic nitrogens is 1. The zero-order chi connectivity index (χ0) is 18.6. The molecule has 0 bridgehead atoms. The minimum Gasteiger partial charge on any atom is -0.354 e. The van der Waals surface area contributed by atoms with Crippen molar-refractivity contribution in [2.24, 2.45) is 13.0 Å². The first kappa shape index (κ1) is 18.3. The first-order valence-corrected chi connectivity index (χ1v) is 10.4. The average molecular weight is 366 g/mol. The Morgan fingerprint density at radius 3 is 2.63 bits per heavy atom. The third kappa shape index (κ3) is 4.11. The van der Waals surface area contributed by atoms with E-state index in [1.54, 1.807) is 0 Å². The maximum Gasteiger partial charge on any atom is 0.223 e. The second kappa shape index (κ2) is 8.30. The number of carbonyl (C=O) groups excluding carboxylic acids is 1. The molecule has 0 radical (unpaired) electrons. The van der Waals surface area contributed by atoms with Crippen molar-refractivity contribution in [3.63, 3.8) is 0 Å². The van der Waals surface area contributed by atoms with E-state index in [4.69, 9.17) is 0 Å². The molecule has 144 valence electrons. The lowest BCUT2D eigenvalue weighted by Gasteiger charge is -2.36. The fourth-order valence-corrected chi connectivity index (χ4v) is 4.73. The lowest BCUT2D eigenvalue weighted by atomic mass is 9.88. The maximum atomic E-state index is 12.7. The number of amides is 1. The summed E-state index contributed by atoms with van der Waals surface area (Å²) in [5, 5.41) is 3.30. The summed E-state index contributed by atoms with van der Waals surface area (Å²) in [4.78, 5) is 15.2. The third-order valence-corrected chi connectivity index (χ3v) is 6.37. The number of hydrogen-bond donors (Lipinski definition) is 1. The monoisotopic (exact) mass is 365 g/mol. The number of nitrogens with zero attached hydrogens (tertiary/aromatic N) is 2. The minimum atomic E-state index is 0.214. The molecule has 0 spiro atoms. The van der Waals surface area contributed by atoms with Crippen molar-refractivity contribution in [2.75, 3.05) is 13.1 Å². The van der Waals surface area contributed by atoms with Gasteiger partial charge >= 0.3 is 0 Å². The van der Waals surface area contributed by atoms with Crippen molar-refractivity contribution >= 4 is 5.91 Å². The number of aryl methyl sites for hydroxylation is 1. The van der Waals surface area contributed by atoms with E-state index in [0.29, 0.717) is 6.54 Å².